The van der Waals surface area contributed by atoms with Crippen molar-refractivity contribution >= 4 is 5.97 Å². The quantitative estimate of drug-likeness (QED) is 0.811. The highest BCUT2D eigenvalue weighted by molar-refractivity contribution is 5.88. The lowest BCUT2D eigenvalue weighted by molar-refractivity contribution is 0.0695. The van der Waals surface area contributed by atoms with Gasteiger partial charge in [0.2, 0.25) is 0 Å². The molecule has 0 radical (unpaired) electrons. The van der Waals surface area contributed by atoms with Crippen LogP contribution in [0.2, 0.25) is 0 Å². The summed E-state index contributed by atoms with van der Waals surface area (Å²) in [4.78, 5) is 13.6. The number of aryl methyl sites for hydroxylation is 1. The summed E-state index contributed by atoms with van der Waals surface area (Å²) in [5.74, 6) is -0.217. The molecule has 0 atom stereocenters. The van der Waals surface area contributed by atoms with Crippen molar-refractivity contribution in [3.63, 3.8) is 0 Å². The van der Waals surface area contributed by atoms with Gasteiger partial charge >= 0.3 is 5.97 Å². The fourth-order valence-electron chi connectivity index (χ4n) is 2.75. The summed E-state index contributed by atoms with van der Waals surface area (Å²) >= 11 is 0. The second-order valence-electron chi connectivity index (χ2n) is 5.44. The van der Waals surface area contributed by atoms with E-state index in [2.05, 4.69) is 22.2 Å². The Balaban J connectivity index is 1.79. The summed E-state index contributed by atoms with van der Waals surface area (Å²) < 4.78 is 1.64. The van der Waals surface area contributed by atoms with E-state index >= 15 is 0 Å². The molecule has 0 spiro atoms. The van der Waals surface area contributed by atoms with Gasteiger partial charge in [-0.05, 0) is 44.9 Å². The van der Waals surface area contributed by atoms with Crippen LogP contribution in [0.1, 0.15) is 35.8 Å². The molecule has 0 aliphatic carbocycles. The van der Waals surface area contributed by atoms with Gasteiger partial charge in [-0.15, -0.1) is 0 Å². The Hall–Kier alpha value is -1.40. The van der Waals surface area contributed by atoms with Gasteiger partial charge < -0.3 is 15.3 Å². The second-order valence-corrected chi connectivity index (χ2v) is 5.44. The van der Waals surface area contributed by atoms with Gasteiger partial charge in [-0.1, -0.05) is 6.92 Å². The van der Waals surface area contributed by atoms with E-state index in [4.69, 9.17) is 5.11 Å². The number of carboxylic acids is 1. The molecule has 2 heterocycles. The van der Waals surface area contributed by atoms with Crippen LogP contribution in [0.5, 0.6) is 0 Å². The van der Waals surface area contributed by atoms with Crippen LogP contribution in [0.4, 0.5) is 0 Å². The number of aromatic nitrogens is 2. The number of nitrogens with one attached hydrogen (secondary N) is 1. The molecule has 20 heavy (non-hydrogen) atoms. The molecule has 2 rings (SSSR count). The SMILES string of the molecule is CCN1CCC(CNCc2c(C(=O)O)cnn2C)CC1. The Labute approximate surface area is 119 Å². The van der Waals surface area contributed by atoms with Gasteiger partial charge in [0.1, 0.15) is 5.56 Å². The van der Waals surface area contributed by atoms with Crippen molar-refractivity contribution in [3.05, 3.63) is 17.5 Å². The molecule has 0 aromatic carbocycles. The van der Waals surface area contributed by atoms with E-state index in [0.29, 0.717) is 18.0 Å². The van der Waals surface area contributed by atoms with Gasteiger partial charge in [0, 0.05) is 13.6 Å². The first-order valence-electron chi connectivity index (χ1n) is 7.29. The Bertz CT molecular complexity index is 450. The van der Waals surface area contributed by atoms with E-state index in [1.165, 1.54) is 32.1 Å². The average Bonchev–Trinajstić information content (AvgIpc) is 2.81. The van der Waals surface area contributed by atoms with E-state index in [1.54, 1.807) is 11.7 Å². The topological polar surface area (TPSA) is 70.4 Å². The summed E-state index contributed by atoms with van der Waals surface area (Å²) in [7, 11) is 1.78. The molecular formula is C14H24N4O2. The first-order chi connectivity index (χ1) is 9.61. The molecule has 6 heteroatoms. The lowest BCUT2D eigenvalue weighted by Gasteiger charge is -2.31. The minimum atomic E-state index is -0.911. The van der Waals surface area contributed by atoms with Crippen LogP contribution < -0.4 is 5.32 Å². The van der Waals surface area contributed by atoms with Crippen LogP contribution in [0.25, 0.3) is 0 Å². The number of nitrogens with zero attached hydrogens (tertiary/aromatic N) is 3. The normalized spacial score (nSPS) is 17.5. The van der Waals surface area contributed by atoms with Crippen LogP contribution in [0.3, 0.4) is 0 Å². The Morgan fingerprint density at radius 3 is 2.80 bits per heavy atom. The zero-order valence-corrected chi connectivity index (χ0v) is 12.3. The molecule has 0 bridgehead atoms. The summed E-state index contributed by atoms with van der Waals surface area (Å²) in [6.07, 6.45) is 3.86. The van der Waals surface area contributed by atoms with Gasteiger partial charge in [-0.2, -0.15) is 5.10 Å². The molecule has 2 N–H and O–H groups in total. The highest BCUT2D eigenvalue weighted by Gasteiger charge is 2.19. The smallest absolute Gasteiger partial charge is 0.339 e. The molecule has 1 aliphatic rings. The van der Waals surface area contributed by atoms with Crippen molar-refractivity contribution in [2.24, 2.45) is 13.0 Å². The predicted molar refractivity (Wildman–Crippen MR) is 76.7 cm³/mol. The van der Waals surface area contributed by atoms with Crippen LogP contribution in [0, 0.1) is 5.92 Å². The lowest BCUT2D eigenvalue weighted by atomic mass is 9.97. The minimum Gasteiger partial charge on any atom is -0.478 e. The second kappa shape index (κ2) is 6.85. The average molecular weight is 280 g/mol. The predicted octanol–water partition coefficient (Wildman–Crippen LogP) is 0.940. The van der Waals surface area contributed by atoms with Gasteiger partial charge in [-0.25, -0.2) is 4.79 Å². The number of rotatable bonds is 6. The zero-order valence-electron chi connectivity index (χ0n) is 12.3. The lowest BCUT2D eigenvalue weighted by Crippen LogP contribution is -2.37. The van der Waals surface area contributed by atoms with Crippen molar-refractivity contribution in [2.75, 3.05) is 26.2 Å². The summed E-state index contributed by atoms with van der Waals surface area (Å²) in [5, 5.41) is 16.5. The maximum Gasteiger partial charge on any atom is 0.339 e. The number of hydrogen-bond acceptors (Lipinski definition) is 4. The number of piperidine rings is 1. The van der Waals surface area contributed by atoms with E-state index < -0.39 is 5.97 Å². The maximum absolute atomic E-state index is 11.1. The van der Waals surface area contributed by atoms with E-state index in [-0.39, 0.29) is 0 Å². The van der Waals surface area contributed by atoms with Crippen molar-refractivity contribution < 1.29 is 9.90 Å². The van der Waals surface area contributed by atoms with Crippen molar-refractivity contribution in [2.45, 2.75) is 26.3 Å². The first kappa shape index (κ1) is 15.0. The van der Waals surface area contributed by atoms with Gasteiger partial charge in [0.25, 0.3) is 0 Å². The van der Waals surface area contributed by atoms with E-state index in [9.17, 15) is 4.79 Å². The van der Waals surface area contributed by atoms with Crippen LogP contribution >= 0.6 is 0 Å². The fourth-order valence-corrected chi connectivity index (χ4v) is 2.75. The fraction of sp³-hybridized carbons (Fsp3) is 0.714. The van der Waals surface area contributed by atoms with Gasteiger partial charge in [-0.3, -0.25) is 4.68 Å². The summed E-state index contributed by atoms with van der Waals surface area (Å²) in [6.45, 7) is 7.20. The minimum absolute atomic E-state index is 0.292. The third-order valence-electron chi connectivity index (χ3n) is 4.17. The van der Waals surface area contributed by atoms with E-state index in [0.717, 1.165) is 18.8 Å². The molecule has 1 aromatic heterocycles. The van der Waals surface area contributed by atoms with Crippen LogP contribution in [0.15, 0.2) is 6.20 Å². The van der Waals surface area contributed by atoms with Gasteiger partial charge in [0.15, 0.2) is 0 Å². The Morgan fingerprint density at radius 2 is 2.20 bits per heavy atom. The Kier molecular flexibility index (Phi) is 5.14. The zero-order chi connectivity index (χ0) is 14.5. The molecular weight excluding hydrogens is 256 g/mol. The number of likely N-dealkylation sites (tertiary alicyclic amines) is 1. The first-order valence-corrected chi connectivity index (χ1v) is 7.29. The van der Waals surface area contributed by atoms with Crippen molar-refractivity contribution in [1.82, 2.24) is 20.0 Å². The summed E-state index contributed by atoms with van der Waals surface area (Å²) in [5.41, 5.74) is 1.03. The molecule has 0 saturated carbocycles. The van der Waals surface area contributed by atoms with Crippen molar-refractivity contribution in [1.29, 1.82) is 0 Å². The number of aromatic carboxylic acids is 1. The highest BCUT2D eigenvalue weighted by Crippen LogP contribution is 2.16. The third-order valence-corrected chi connectivity index (χ3v) is 4.17. The molecule has 6 nitrogen and oxygen atoms in total. The molecule has 1 saturated heterocycles. The molecule has 1 aromatic rings. The number of hydrogen-bond donors (Lipinski definition) is 2. The molecule has 1 aliphatic heterocycles. The number of carbonyl (C=O) groups is 1. The Morgan fingerprint density at radius 1 is 1.50 bits per heavy atom. The monoisotopic (exact) mass is 280 g/mol. The molecule has 0 unspecified atom stereocenters. The van der Waals surface area contributed by atoms with Gasteiger partial charge in [0.05, 0.1) is 11.9 Å². The number of carboxylic acid groups (broad SMARTS) is 1. The van der Waals surface area contributed by atoms with Crippen molar-refractivity contribution in [3.8, 4) is 0 Å². The van der Waals surface area contributed by atoms with Crippen LogP contribution in [-0.4, -0.2) is 51.9 Å². The third kappa shape index (κ3) is 3.58. The standard InChI is InChI=1S/C14H24N4O2/c1-3-18-6-4-11(5-7-18)8-15-10-13-12(14(19)20)9-16-17(13)2/h9,11,15H,3-8,10H2,1-2H3,(H,19,20). The molecule has 0 amide bonds. The molecule has 1 fully saturated rings. The highest BCUT2D eigenvalue weighted by atomic mass is 16.4. The summed E-state index contributed by atoms with van der Waals surface area (Å²) in [6, 6.07) is 0. The van der Waals surface area contributed by atoms with E-state index in [1.807, 2.05) is 0 Å². The van der Waals surface area contributed by atoms with Crippen LogP contribution in [-0.2, 0) is 13.6 Å². The molecule has 112 valence electrons. The maximum atomic E-state index is 11.1. The largest absolute Gasteiger partial charge is 0.478 e.